The summed E-state index contributed by atoms with van der Waals surface area (Å²) in [7, 11) is 0. The third-order valence-electron chi connectivity index (χ3n) is 1.01. The van der Waals surface area contributed by atoms with E-state index in [1.54, 1.807) is 0 Å². The van der Waals surface area contributed by atoms with E-state index in [1.807, 2.05) is 0 Å². The molecule has 0 saturated carbocycles. The first-order valence-electron chi connectivity index (χ1n) is 2.49. The molecule has 0 bridgehead atoms. The van der Waals surface area contributed by atoms with Gasteiger partial charge < -0.3 is 15.7 Å². The molecule has 3 N–H and O–H groups in total. The summed E-state index contributed by atoms with van der Waals surface area (Å²) in [6.45, 7) is 2.29. The molecule has 0 amide bonds. The third kappa shape index (κ3) is 2.26. The zero-order valence-electron chi connectivity index (χ0n) is 4.15. The Morgan fingerprint density at radius 1 is 1.25 bits per heavy atom. The summed E-state index contributed by atoms with van der Waals surface area (Å²) in [6.07, 6.45) is -0.186. The second-order valence-electron chi connectivity index (χ2n) is 1.74. The third-order valence-corrected chi connectivity index (χ3v) is 1.01. The Hall–Kier alpha value is -0.120. The van der Waals surface area contributed by atoms with Crippen molar-refractivity contribution in [2.75, 3.05) is 19.8 Å². The summed E-state index contributed by atoms with van der Waals surface area (Å²) in [5.41, 5.74) is 0. The molecule has 1 saturated heterocycles. The Morgan fingerprint density at radius 2 is 1.75 bits per heavy atom. The van der Waals surface area contributed by atoms with E-state index in [1.165, 1.54) is 0 Å². The zero-order valence-corrected chi connectivity index (χ0v) is 4.15. The molecule has 0 radical (unpaired) electrons. The molecule has 0 aromatic rings. The molecule has 1 heterocycles. The highest BCUT2D eigenvalue weighted by molar-refractivity contribution is 4.66. The number of hydrogen-bond acceptors (Lipinski definition) is 3. The largest absolute Gasteiger partial charge is 0.390 e. The van der Waals surface area contributed by atoms with Gasteiger partial charge in [0.1, 0.15) is 0 Å². The molecule has 1 aliphatic rings. The van der Waals surface area contributed by atoms with Gasteiger partial charge in [-0.1, -0.05) is 7.43 Å². The molecule has 0 unspecified atom stereocenters. The molecule has 0 spiro atoms. The van der Waals surface area contributed by atoms with Gasteiger partial charge in [-0.3, -0.25) is 0 Å². The number of hydrogen-bond donors (Lipinski definition) is 3. The van der Waals surface area contributed by atoms with E-state index in [9.17, 15) is 0 Å². The number of aliphatic hydroxyl groups is 1. The van der Waals surface area contributed by atoms with Crippen LogP contribution in [0.1, 0.15) is 7.43 Å². The van der Waals surface area contributed by atoms with Crippen molar-refractivity contribution < 1.29 is 5.11 Å². The van der Waals surface area contributed by atoms with Crippen molar-refractivity contribution in [3.8, 4) is 0 Å². The van der Waals surface area contributed by atoms with Crippen LogP contribution in [0.15, 0.2) is 0 Å². The van der Waals surface area contributed by atoms with Crippen LogP contribution >= 0.6 is 0 Å². The predicted octanol–water partition coefficient (Wildman–Crippen LogP) is -0.866. The van der Waals surface area contributed by atoms with Crippen molar-refractivity contribution in [3.05, 3.63) is 0 Å². The highest BCUT2D eigenvalue weighted by Gasteiger charge is 2.05. The smallest absolute Gasteiger partial charge is 0.0789 e. The summed E-state index contributed by atoms with van der Waals surface area (Å²) in [5, 5.41) is 14.7. The SMILES string of the molecule is C.OC1CNCNC1. The maximum atomic E-state index is 8.78. The van der Waals surface area contributed by atoms with E-state index >= 15 is 0 Å². The Kier molecular flexibility index (Phi) is 3.77. The van der Waals surface area contributed by atoms with Crippen LogP contribution in [0.4, 0.5) is 0 Å². The molecule has 1 fully saturated rings. The molecule has 50 valence electrons. The van der Waals surface area contributed by atoms with Gasteiger partial charge in [-0.2, -0.15) is 0 Å². The van der Waals surface area contributed by atoms with E-state index in [-0.39, 0.29) is 13.5 Å². The average molecular weight is 118 g/mol. The van der Waals surface area contributed by atoms with E-state index < -0.39 is 0 Å². The lowest BCUT2D eigenvalue weighted by molar-refractivity contribution is 0.148. The minimum Gasteiger partial charge on any atom is -0.390 e. The van der Waals surface area contributed by atoms with Crippen molar-refractivity contribution in [1.82, 2.24) is 10.6 Å². The van der Waals surface area contributed by atoms with Crippen LogP contribution in [-0.4, -0.2) is 31.0 Å². The van der Waals surface area contributed by atoms with E-state index in [0.29, 0.717) is 0 Å². The summed E-state index contributed by atoms with van der Waals surface area (Å²) in [5.74, 6) is 0. The lowest BCUT2D eigenvalue weighted by Gasteiger charge is -2.18. The number of rotatable bonds is 0. The van der Waals surface area contributed by atoms with Crippen LogP contribution in [0, 0.1) is 0 Å². The normalized spacial score (nSPS) is 22.1. The van der Waals surface area contributed by atoms with Crippen molar-refractivity contribution in [2.24, 2.45) is 0 Å². The molecule has 0 atom stereocenters. The van der Waals surface area contributed by atoms with E-state index in [4.69, 9.17) is 5.11 Å². The molecule has 0 aliphatic carbocycles. The van der Waals surface area contributed by atoms with Crippen LogP contribution in [-0.2, 0) is 0 Å². The quantitative estimate of drug-likeness (QED) is 0.387. The van der Waals surface area contributed by atoms with Gasteiger partial charge in [-0.15, -0.1) is 0 Å². The summed E-state index contributed by atoms with van der Waals surface area (Å²) in [4.78, 5) is 0. The second kappa shape index (κ2) is 3.83. The summed E-state index contributed by atoms with van der Waals surface area (Å²) >= 11 is 0. The van der Waals surface area contributed by atoms with Gasteiger partial charge in [-0.25, -0.2) is 0 Å². The van der Waals surface area contributed by atoms with Crippen LogP contribution < -0.4 is 10.6 Å². The highest BCUT2D eigenvalue weighted by Crippen LogP contribution is 1.79. The van der Waals surface area contributed by atoms with Crippen LogP contribution in [0.5, 0.6) is 0 Å². The van der Waals surface area contributed by atoms with Crippen molar-refractivity contribution in [2.45, 2.75) is 13.5 Å². The number of aliphatic hydroxyl groups excluding tert-OH is 1. The first kappa shape index (κ1) is 7.88. The predicted molar refractivity (Wildman–Crippen MR) is 33.6 cm³/mol. The van der Waals surface area contributed by atoms with Crippen molar-refractivity contribution >= 4 is 0 Å². The molecular weight excluding hydrogens is 104 g/mol. The van der Waals surface area contributed by atoms with Crippen molar-refractivity contribution in [1.29, 1.82) is 0 Å². The maximum Gasteiger partial charge on any atom is 0.0789 e. The second-order valence-corrected chi connectivity index (χ2v) is 1.74. The standard InChI is InChI=1S/C4H10N2O.CH4/c7-4-1-5-3-6-2-4;/h4-7H,1-3H2;1H4. The first-order valence-corrected chi connectivity index (χ1v) is 2.49. The van der Waals surface area contributed by atoms with Gasteiger partial charge in [0.05, 0.1) is 6.10 Å². The topological polar surface area (TPSA) is 44.3 Å². The Bertz CT molecular complexity index is 52.4. The molecule has 1 rings (SSSR count). The molecule has 0 aromatic carbocycles. The van der Waals surface area contributed by atoms with Crippen LogP contribution in [0.3, 0.4) is 0 Å². The van der Waals surface area contributed by atoms with Gasteiger partial charge in [-0.05, 0) is 0 Å². The lowest BCUT2D eigenvalue weighted by atomic mass is 10.3. The van der Waals surface area contributed by atoms with Crippen LogP contribution in [0.25, 0.3) is 0 Å². The molecule has 0 aromatic heterocycles. The number of β-amino-alcohol motifs (C(OH)–C–C–N with tert-alkyl or cyclic N) is 1. The molecule has 1 aliphatic heterocycles. The maximum absolute atomic E-state index is 8.78. The molecule has 3 nitrogen and oxygen atoms in total. The summed E-state index contributed by atoms with van der Waals surface area (Å²) < 4.78 is 0. The van der Waals surface area contributed by atoms with Gasteiger partial charge in [0.2, 0.25) is 0 Å². The molecule has 3 heteroatoms. The minimum absolute atomic E-state index is 0. The first-order chi connectivity index (χ1) is 3.39. The minimum atomic E-state index is -0.186. The van der Waals surface area contributed by atoms with Gasteiger partial charge >= 0.3 is 0 Å². The zero-order chi connectivity index (χ0) is 5.11. The fourth-order valence-electron chi connectivity index (χ4n) is 0.638. The van der Waals surface area contributed by atoms with E-state index in [0.717, 1.165) is 19.8 Å². The fourth-order valence-corrected chi connectivity index (χ4v) is 0.638. The van der Waals surface area contributed by atoms with Crippen molar-refractivity contribution in [3.63, 3.8) is 0 Å². The van der Waals surface area contributed by atoms with E-state index in [2.05, 4.69) is 10.6 Å². The Balaban J connectivity index is 0.000000490. The molecular formula is C5H14N2O. The van der Waals surface area contributed by atoms with Crippen LogP contribution in [0.2, 0.25) is 0 Å². The van der Waals surface area contributed by atoms with Gasteiger partial charge in [0.15, 0.2) is 0 Å². The molecule has 8 heavy (non-hydrogen) atoms. The fraction of sp³-hybridized carbons (Fsp3) is 1.00. The lowest BCUT2D eigenvalue weighted by Crippen LogP contribution is -2.46. The monoisotopic (exact) mass is 118 g/mol. The highest BCUT2D eigenvalue weighted by atomic mass is 16.3. The Morgan fingerprint density at radius 3 is 2.00 bits per heavy atom. The van der Waals surface area contributed by atoms with Gasteiger partial charge in [0.25, 0.3) is 0 Å². The number of nitrogens with one attached hydrogen (secondary N) is 2. The Labute approximate surface area is 50.1 Å². The van der Waals surface area contributed by atoms with Gasteiger partial charge in [0, 0.05) is 19.8 Å². The summed E-state index contributed by atoms with van der Waals surface area (Å²) in [6, 6.07) is 0. The average Bonchev–Trinajstić information content (AvgIpc) is 1.69.